The molecule has 1 atom stereocenters. The van der Waals surface area contributed by atoms with Gasteiger partial charge in [0.05, 0.1) is 18.3 Å². The fraction of sp³-hybridized carbons (Fsp3) is 0.667. The normalized spacial score (nSPS) is 13.3. The molecular weight excluding hydrogens is 166 g/mol. The molecule has 0 saturated carbocycles. The summed E-state index contributed by atoms with van der Waals surface area (Å²) < 4.78 is 1.81. The minimum absolute atomic E-state index is 0.275. The molecule has 0 aliphatic rings. The van der Waals surface area contributed by atoms with Gasteiger partial charge in [-0.15, -0.1) is 0 Å². The molecule has 0 bridgehead atoms. The summed E-state index contributed by atoms with van der Waals surface area (Å²) in [6.45, 7) is 6.75. The van der Waals surface area contributed by atoms with Crippen LogP contribution in [-0.4, -0.2) is 27.5 Å². The van der Waals surface area contributed by atoms with Gasteiger partial charge in [-0.2, -0.15) is 5.10 Å². The molecule has 3 N–H and O–H groups in total. The van der Waals surface area contributed by atoms with E-state index in [2.05, 4.69) is 5.10 Å². The third kappa shape index (κ3) is 2.08. The van der Waals surface area contributed by atoms with E-state index < -0.39 is 6.10 Å². The van der Waals surface area contributed by atoms with E-state index >= 15 is 0 Å². The first kappa shape index (κ1) is 10.2. The first-order valence-corrected chi connectivity index (χ1v) is 4.45. The Balaban J connectivity index is 2.83. The predicted octanol–water partition coefficient (Wildman–Crippen LogP) is 0.128. The van der Waals surface area contributed by atoms with Crippen LogP contribution in [0, 0.1) is 20.8 Å². The molecule has 13 heavy (non-hydrogen) atoms. The third-order valence-corrected chi connectivity index (χ3v) is 2.40. The van der Waals surface area contributed by atoms with Crippen molar-refractivity contribution < 1.29 is 5.11 Å². The van der Waals surface area contributed by atoms with Gasteiger partial charge >= 0.3 is 0 Å². The minimum Gasteiger partial charge on any atom is -0.390 e. The van der Waals surface area contributed by atoms with Gasteiger partial charge in [-0.1, -0.05) is 0 Å². The molecule has 0 saturated heterocycles. The summed E-state index contributed by atoms with van der Waals surface area (Å²) in [5.74, 6) is 0. The molecular formula is C9H17N3O. The highest BCUT2D eigenvalue weighted by Gasteiger charge is 2.09. The molecule has 0 aromatic carbocycles. The van der Waals surface area contributed by atoms with Gasteiger partial charge in [-0.3, -0.25) is 4.68 Å². The van der Waals surface area contributed by atoms with E-state index in [0.29, 0.717) is 6.54 Å². The molecule has 1 rings (SSSR count). The number of hydrogen-bond acceptors (Lipinski definition) is 3. The molecule has 0 amide bonds. The lowest BCUT2D eigenvalue weighted by atomic mass is 10.2. The van der Waals surface area contributed by atoms with Crippen molar-refractivity contribution in [3.8, 4) is 0 Å². The largest absolute Gasteiger partial charge is 0.390 e. The first-order valence-electron chi connectivity index (χ1n) is 4.45. The molecule has 4 heteroatoms. The van der Waals surface area contributed by atoms with Crippen LogP contribution < -0.4 is 5.73 Å². The average molecular weight is 183 g/mol. The van der Waals surface area contributed by atoms with Crippen molar-refractivity contribution in [2.45, 2.75) is 33.4 Å². The van der Waals surface area contributed by atoms with Crippen molar-refractivity contribution >= 4 is 0 Å². The number of aliphatic hydroxyl groups excluding tert-OH is 1. The quantitative estimate of drug-likeness (QED) is 0.700. The van der Waals surface area contributed by atoms with Crippen molar-refractivity contribution in [1.29, 1.82) is 0 Å². The standard InChI is InChI=1S/C9H17N3O/c1-6-7(2)11-12(8(6)3)5-9(13)4-10/h9,13H,4-5,10H2,1-3H3/t9-/m1/s1. The fourth-order valence-corrected chi connectivity index (χ4v) is 1.24. The van der Waals surface area contributed by atoms with E-state index in [1.54, 1.807) is 0 Å². The van der Waals surface area contributed by atoms with E-state index in [1.807, 2.05) is 25.5 Å². The maximum atomic E-state index is 9.35. The summed E-state index contributed by atoms with van der Waals surface area (Å²) in [5.41, 5.74) is 8.63. The third-order valence-electron chi connectivity index (χ3n) is 2.40. The van der Waals surface area contributed by atoms with Crippen LogP contribution >= 0.6 is 0 Å². The predicted molar refractivity (Wildman–Crippen MR) is 51.5 cm³/mol. The highest BCUT2D eigenvalue weighted by atomic mass is 16.3. The zero-order valence-corrected chi connectivity index (χ0v) is 8.41. The lowest BCUT2D eigenvalue weighted by Crippen LogP contribution is -2.26. The van der Waals surface area contributed by atoms with Crippen LogP contribution in [0.2, 0.25) is 0 Å². The Kier molecular flexibility index (Phi) is 3.06. The second-order valence-corrected chi connectivity index (χ2v) is 3.37. The number of nitrogens with two attached hydrogens (primary N) is 1. The molecule has 1 aromatic heterocycles. The monoisotopic (exact) mass is 183 g/mol. The molecule has 74 valence electrons. The molecule has 0 radical (unpaired) electrons. The zero-order chi connectivity index (χ0) is 10.0. The van der Waals surface area contributed by atoms with Gasteiger partial charge in [0.1, 0.15) is 0 Å². The van der Waals surface area contributed by atoms with Crippen LogP contribution in [0.3, 0.4) is 0 Å². The maximum absolute atomic E-state index is 9.35. The Morgan fingerprint density at radius 1 is 1.46 bits per heavy atom. The van der Waals surface area contributed by atoms with Crippen LogP contribution in [0.15, 0.2) is 0 Å². The van der Waals surface area contributed by atoms with Crippen molar-refractivity contribution in [3.63, 3.8) is 0 Å². The van der Waals surface area contributed by atoms with E-state index in [-0.39, 0.29) is 6.54 Å². The van der Waals surface area contributed by atoms with Gasteiger partial charge in [0.25, 0.3) is 0 Å². The Morgan fingerprint density at radius 2 is 2.08 bits per heavy atom. The Bertz CT molecular complexity index is 293. The van der Waals surface area contributed by atoms with Gasteiger partial charge in [0, 0.05) is 12.2 Å². The van der Waals surface area contributed by atoms with Crippen LogP contribution in [0.25, 0.3) is 0 Å². The summed E-state index contributed by atoms with van der Waals surface area (Å²) in [6, 6.07) is 0. The molecule has 0 unspecified atom stereocenters. The SMILES string of the molecule is Cc1nn(C[C@H](O)CN)c(C)c1C. The van der Waals surface area contributed by atoms with Gasteiger partial charge in [0.15, 0.2) is 0 Å². The number of rotatable bonds is 3. The number of nitrogens with zero attached hydrogens (tertiary/aromatic N) is 2. The van der Waals surface area contributed by atoms with Crippen molar-refractivity contribution in [2.24, 2.45) is 5.73 Å². The first-order chi connectivity index (χ1) is 6.06. The van der Waals surface area contributed by atoms with Crippen LogP contribution in [0.5, 0.6) is 0 Å². The summed E-state index contributed by atoms with van der Waals surface area (Å²) in [7, 11) is 0. The Morgan fingerprint density at radius 3 is 2.46 bits per heavy atom. The molecule has 0 spiro atoms. The van der Waals surface area contributed by atoms with Crippen molar-refractivity contribution in [2.75, 3.05) is 6.54 Å². The highest BCUT2D eigenvalue weighted by Crippen LogP contribution is 2.10. The smallest absolute Gasteiger partial charge is 0.0858 e. The van der Waals surface area contributed by atoms with E-state index in [0.717, 1.165) is 11.4 Å². The molecule has 0 fully saturated rings. The second kappa shape index (κ2) is 3.89. The topological polar surface area (TPSA) is 64.1 Å². The van der Waals surface area contributed by atoms with E-state index in [4.69, 9.17) is 5.73 Å². The minimum atomic E-state index is -0.502. The second-order valence-electron chi connectivity index (χ2n) is 3.37. The molecule has 0 aliphatic heterocycles. The zero-order valence-electron chi connectivity index (χ0n) is 8.41. The van der Waals surface area contributed by atoms with E-state index in [1.165, 1.54) is 5.56 Å². The molecule has 0 aliphatic carbocycles. The Hall–Kier alpha value is -0.870. The van der Waals surface area contributed by atoms with Crippen molar-refractivity contribution in [1.82, 2.24) is 9.78 Å². The summed E-state index contributed by atoms with van der Waals surface area (Å²) in [6.07, 6.45) is -0.502. The summed E-state index contributed by atoms with van der Waals surface area (Å²) in [5, 5.41) is 13.6. The van der Waals surface area contributed by atoms with Gasteiger partial charge < -0.3 is 10.8 Å². The number of aromatic nitrogens is 2. The van der Waals surface area contributed by atoms with Crippen molar-refractivity contribution in [3.05, 3.63) is 17.0 Å². The number of hydrogen-bond donors (Lipinski definition) is 2. The van der Waals surface area contributed by atoms with Crippen LogP contribution in [0.1, 0.15) is 17.0 Å². The molecule has 4 nitrogen and oxygen atoms in total. The summed E-state index contributed by atoms with van der Waals surface area (Å²) >= 11 is 0. The molecule has 1 heterocycles. The number of aliphatic hydroxyl groups is 1. The van der Waals surface area contributed by atoms with Crippen LogP contribution in [0.4, 0.5) is 0 Å². The average Bonchev–Trinajstić information content (AvgIpc) is 2.34. The number of aryl methyl sites for hydroxylation is 1. The summed E-state index contributed by atoms with van der Waals surface area (Å²) in [4.78, 5) is 0. The van der Waals surface area contributed by atoms with Crippen LogP contribution in [-0.2, 0) is 6.54 Å². The van der Waals surface area contributed by atoms with Gasteiger partial charge in [-0.05, 0) is 26.3 Å². The van der Waals surface area contributed by atoms with Gasteiger partial charge in [0.2, 0.25) is 0 Å². The lowest BCUT2D eigenvalue weighted by Gasteiger charge is -2.09. The fourth-order valence-electron chi connectivity index (χ4n) is 1.24. The van der Waals surface area contributed by atoms with E-state index in [9.17, 15) is 5.11 Å². The Labute approximate surface area is 78.4 Å². The highest BCUT2D eigenvalue weighted by molar-refractivity contribution is 5.22. The van der Waals surface area contributed by atoms with Gasteiger partial charge in [-0.25, -0.2) is 0 Å². The lowest BCUT2D eigenvalue weighted by molar-refractivity contribution is 0.156. The maximum Gasteiger partial charge on any atom is 0.0858 e. The molecule has 1 aromatic rings.